The summed E-state index contributed by atoms with van der Waals surface area (Å²) in [6, 6.07) is -0.526. The number of hydrogen-bond donors (Lipinski definition) is 1. The third kappa shape index (κ3) is 4.54. The Morgan fingerprint density at radius 2 is 2.11 bits per heavy atom. The van der Waals surface area contributed by atoms with E-state index in [1.807, 2.05) is 6.92 Å². The molecule has 2 aliphatic rings. The maximum atomic E-state index is 12.9. The molecule has 0 aliphatic carbocycles. The fourth-order valence-electron chi connectivity index (χ4n) is 3.23. The summed E-state index contributed by atoms with van der Waals surface area (Å²) < 4.78 is 39.6. The molecule has 1 fully saturated rings. The van der Waals surface area contributed by atoms with Crippen molar-refractivity contribution in [3.8, 4) is 0 Å². The second-order valence-electron chi connectivity index (χ2n) is 6.79. The first-order valence-corrected chi connectivity index (χ1v) is 9.62. The van der Waals surface area contributed by atoms with Gasteiger partial charge in [-0.1, -0.05) is 6.92 Å². The number of carbonyl (C=O) groups is 2. The van der Waals surface area contributed by atoms with Gasteiger partial charge in [0.1, 0.15) is 0 Å². The lowest BCUT2D eigenvalue weighted by molar-refractivity contribution is -0.148. The Kier molecular flexibility index (Phi) is 5.65. The molecule has 27 heavy (non-hydrogen) atoms. The Morgan fingerprint density at radius 1 is 1.37 bits per heavy atom. The monoisotopic (exact) mass is 406 g/mol. The lowest BCUT2D eigenvalue weighted by atomic mass is 10.1. The van der Waals surface area contributed by atoms with Crippen LogP contribution < -0.4 is 5.73 Å². The molecule has 0 aromatic carbocycles. The molecule has 2 unspecified atom stereocenters. The average Bonchev–Trinajstić information content (AvgIpc) is 3.01. The molecule has 1 saturated heterocycles. The van der Waals surface area contributed by atoms with Crippen molar-refractivity contribution in [1.82, 2.24) is 24.6 Å². The number of thioether (sulfide) groups is 1. The number of fused-ring (bicyclic) bond motifs is 1. The van der Waals surface area contributed by atoms with Gasteiger partial charge in [0, 0.05) is 43.9 Å². The summed E-state index contributed by atoms with van der Waals surface area (Å²) in [6.45, 7) is 2.99. The van der Waals surface area contributed by atoms with E-state index in [1.54, 1.807) is 16.7 Å². The number of aromatic nitrogens is 3. The minimum atomic E-state index is -4.57. The second kappa shape index (κ2) is 7.66. The van der Waals surface area contributed by atoms with Crippen molar-refractivity contribution >= 4 is 23.6 Å². The van der Waals surface area contributed by atoms with Gasteiger partial charge in [-0.2, -0.15) is 13.2 Å². The van der Waals surface area contributed by atoms with Gasteiger partial charge in [-0.05, 0) is 0 Å². The maximum Gasteiger partial charge on any atom is 0.451 e. The standard InChI is InChI=1S/C15H21F3N6O2S/c1-9-5-23(13(26)8-27-9)6-10(19)4-12(25)22-2-3-24-11(7-22)20-21-14(24)15(16,17)18/h9-10H,2-8,19H2,1H3. The van der Waals surface area contributed by atoms with E-state index >= 15 is 0 Å². The van der Waals surface area contributed by atoms with Crippen LogP contribution in [0.5, 0.6) is 0 Å². The first-order chi connectivity index (χ1) is 12.6. The van der Waals surface area contributed by atoms with Gasteiger partial charge in [0.05, 0.1) is 12.3 Å². The minimum Gasteiger partial charge on any atom is -0.339 e. The highest BCUT2D eigenvalue weighted by Crippen LogP contribution is 2.29. The van der Waals surface area contributed by atoms with Gasteiger partial charge in [0.15, 0.2) is 5.82 Å². The van der Waals surface area contributed by atoms with Crippen LogP contribution in [0.3, 0.4) is 0 Å². The van der Waals surface area contributed by atoms with E-state index in [-0.39, 0.29) is 50.2 Å². The zero-order chi connectivity index (χ0) is 19.8. The normalized spacial score (nSPS) is 22.0. The number of carbonyl (C=O) groups excluding carboxylic acids is 2. The zero-order valence-electron chi connectivity index (χ0n) is 14.8. The summed E-state index contributed by atoms with van der Waals surface area (Å²) in [4.78, 5) is 27.5. The fraction of sp³-hybridized carbons (Fsp3) is 0.733. The maximum absolute atomic E-state index is 12.9. The molecule has 3 rings (SSSR count). The Bertz CT molecular complexity index is 725. The van der Waals surface area contributed by atoms with Crippen molar-refractivity contribution in [1.29, 1.82) is 0 Å². The Balaban J connectivity index is 1.56. The first kappa shape index (κ1) is 19.9. The van der Waals surface area contributed by atoms with Crippen LogP contribution in [0.25, 0.3) is 0 Å². The Hall–Kier alpha value is -1.82. The van der Waals surface area contributed by atoms with Crippen LogP contribution >= 0.6 is 11.8 Å². The molecule has 150 valence electrons. The molecule has 0 saturated carbocycles. The molecular weight excluding hydrogens is 385 g/mol. The highest BCUT2D eigenvalue weighted by molar-refractivity contribution is 8.00. The van der Waals surface area contributed by atoms with Gasteiger partial charge in [-0.25, -0.2) is 0 Å². The summed E-state index contributed by atoms with van der Waals surface area (Å²) in [7, 11) is 0. The van der Waals surface area contributed by atoms with Crippen LogP contribution in [0.2, 0.25) is 0 Å². The lowest BCUT2D eigenvalue weighted by Crippen LogP contribution is -2.49. The molecule has 2 amide bonds. The summed E-state index contributed by atoms with van der Waals surface area (Å²) >= 11 is 1.59. The molecular formula is C15H21F3N6O2S. The lowest BCUT2D eigenvalue weighted by Gasteiger charge is -2.33. The van der Waals surface area contributed by atoms with Gasteiger partial charge in [-0.15, -0.1) is 22.0 Å². The molecule has 2 N–H and O–H groups in total. The van der Waals surface area contributed by atoms with Gasteiger partial charge in [-0.3, -0.25) is 9.59 Å². The molecule has 1 aromatic rings. The summed E-state index contributed by atoms with van der Waals surface area (Å²) in [6.07, 6.45) is -4.55. The second-order valence-corrected chi connectivity index (χ2v) is 8.22. The van der Waals surface area contributed by atoms with Gasteiger partial charge < -0.3 is 20.1 Å². The van der Waals surface area contributed by atoms with Gasteiger partial charge in [0.25, 0.3) is 0 Å². The third-order valence-electron chi connectivity index (χ3n) is 4.57. The van der Waals surface area contributed by atoms with Crippen molar-refractivity contribution in [3.05, 3.63) is 11.6 Å². The number of amides is 2. The zero-order valence-corrected chi connectivity index (χ0v) is 15.6. The Labute approximate surface area is 158 Å². The topological polar surface area (TPSA) is 97.3 Å². The van der Waals surface area contributed by atoms with Crippen molar-refractivity contribution in [2.75, 3.05) is 25.4 Å². The summed E-state index contributed by atoms with van der Waals surface area (Å²) in [5.41, 5.74) is 6.05. The van der Waals surface area contributed by atoms with E-state index in [0.29, 0.717) is 17.5 Å². The SMILES string of the molecule is CC1CN(CC(N)CC(=O)N2CCn3c(nnc3C(F)(F)F)C2)C(=O)CS1. The quantitative estimate of drug-likeness (QED) is 0.774. The Morgan fingerprint density at radius 3 is 2.81 bits per heavy atom. The predicted octanol–water partition coefficient (Wildman–Crippen LogP) is 0.320. The van der Waals surface area contributed by atoms with E-state index in [1.165, 1.54) is 4.90 Å². The van der Waals surface area contributed by atoms with E-state index in [2.05, 4.69) is 10.2 Å². The number of nitrogens with zero attached hydrogens (tertiary/aromatic N) is 5. The number of halogens is 3. The van der Waals surface area contributed by atoms with Crippen molar-refractivity contribution < 1.29 is 22.8 Å². The van der Waals surface area contributed by atoms with E-state index in [9.17, 15) is 22.8 Å². The van der Waals surface area contributed by atoms with Crippen LogP contribution in [0.1, 0.15) is 25.0 Å². The first-order valence-electron chi connectivity index (χ1n) is 8.57. The fourth-order valence-corrected chi connectivity index (χ4v) is 4.12. The minimum absolute atomic E-state index is 0.00625. The third-order valence-corrected chi connectivity index (χ3v) is 5.70. The van der Waals surface area contributed by atoms with Gasteiger partial charge >= 0.3 is 6.18 Å². The van der Waals surface area contributed by atoms with Crippen molar-refractivity contribution in [2.24, 2.45) is 5.73 Å². The predicted molar refractivity (Wildman–Crippen MR) is 91.5 cm³/mol. The molecule has 0 spiro atoms. The molecule has 0 radical (unpaired) electrons. The largest absolute Gasteiger partial charge is 0.451 e. The van der Waals surface area contributed by atoms with Gasteiger partial charge in [0.2, 0.25) is 17.6 Å². The van der Waals surface area contributed by atoms with E-state index in [0.717, 1.165) is 4.57 Å². The molecule has 2 aliphatic heterocycles. The van der Waals surface area contributed by atoms with Crippen LogP contribution in [-0.2, 0) is 28.9 Å². The summed E-state index contributed by atoms with van der Waals surface area (Å²) in [5.74, 6) is -0.793. The van der Waals surface area contributed by atoms with Crippen molar-refractivity contribution in [3.63, 3.8) is 0 Å². The molecule has 8 nitrogen and oxygen atoms in total. The average molecular weight is 406 g/mol. The number of hydrogen-bond acceptors (Lipinski definition) is 6. The molecule has 2 atom stereocenters. The highest BCUT2D eigenvalue weighted by Gasteiger charge is 2.40. The molecule has 12 heteroatoms. The van der Waals surface area contributed by atoms with Crippen molar-refractivity contribution in [2.45, 2.75) is 43.9 Å². The molecule has 1 aromatic heterocycles. The van der Waals surface area contributed by atoms with E-state index < -0.39 is 18.0 Å². The number of rotatable bonds is 4. The van der Waals surface area contributed by atoms with Crippen LogP contribution in [0.4, 0.5) is 13.2 Å². The van der Waals surface area contributed by atoms with E-state index in [4.69, 9.17) is 5.73 Å². The highest BCUT2D eigenvalue weighted by atomic mass is 32.2. The van der Waals surface area contributed by atoms with Crippen LogP contribution in [-0.4, -0.2) is 73.1 Å². The van der Waals surface area contributed by atoms with Crippen LogP contribution in [0.15, 0.2) is 0 Å². The molecule has 3 heterocycles. The van der Waals surface area contributed by atoms with Crippen LogP contribution in [0, 0.1) is 0 Å². The number of alkyl halides is 3. The summed E-state index contributed by atoms with van der Waals surface area (Å²) in [5, 5.41) is 7.08. The smallest absolute Gasteiger partial charge is 0.339 e. The number of nitrogens with two attached hydrogens (primary N) is 1. The molecule has 0 bridgehead atoms.